The van der Waals surface area contributed by atoms with E-state index in [9.17, 15) is 19.5 Å². The lowest BCUT2D eigenvalue weighted by Gasteiger charge is -2.39. The fraction of sp³-hybridized carbons (Fsp3) is 0.464. The number of piperidine rings is 1. The minimum Gasteiger partial charge on any atom is -0.481 e. The Balaban J connectivity index is 1.44. The highest BCUT2D eigenvalue weighted by atomic mass is 16.5. The summed E-state index contributed by atoms with van der Waals surface area (Å²) >= 11 is 0. The third-order valence-electron chi connectivity index (χ3n) is 7.23. The van der Waals surface area contributed by atoms with Crippen LogP contribution >= 0.6 is 0 Å². The number of carbonyl (C=O) groups is 3. The van der Waals surface area contributed by atoms with Crippen molar-refractivity contribution in [3.05, 3.63) is 59.7 Å². The molecule has 2 aromatic carbocycles. The summed E-state index contributed by atoms with van der Waals surface area (Å²) in [5.41, 5.74) is 4.55. The molecule has 2 N–H and O–H groups in total. The molecule has 0 aromatic heterocycles. The van der Waals surface area contributed by atoms with Crippen molar-refractivity contribution in [1.82, 2.24) is 10.2 Å². The molecule has 1 aliphatic carbocycles. The van der Waals surface area contributed by atoms with E-state index >= 15 is 0 Å². The van der Waals surface area contributed by atoms with Gasteiger partial charge in [0.25, 0.3) is 0 Å². The highest BCUT2D eigenvalue weighted by Crippen LogP contribution is 2.44. The lowest BCUT2D eigenvalue weighted by atomic mass is 9.89. The van der Waals surface area contributed by atoms with E-state index in [1.807, 2.05) is 38.1 Å². The van der Waals surface area contributed by atoms with Gasteiger partial charge in [-0.15, -0.1) is 0 Å². The summed E-state index contributed by atoms with van der Waals surface area (Å²) < 4.78 is 5.66. The van der Waals surface area contributed by atoms with Crippen molar-refractivity contribution in [2.45, 2.75) is 58.0 Å². The average molecular weight is 479 g/mol. The van der Waals surface area contributed by atoms with Gasteiger partial charge in [-0.1, -0.05) is 62.4 Å². The van der Waals surface area contributed by atoms with Crippen molar-refractivity contribution < 1.29 is 24.2 Å². The number of carboxylic acid groups (broad SMARTS) is 1. The monoisotopic (exact) mass is 478 g/mol. The third kappa shape index (κ3) is 5.19. The first kappa shape index (κ1) is 24.8. The van der Waals surface area contributed by atoms with Gasteiger partial charge in [0.05, 0.1) is 5.92 Å². The predicted molar refractivity (Wildman–Crippen MR) is 133 cm³/mol. The maximum absolute atomic E-state index is 13.4. The number of nitrogens with zero attached hydrogens (tertiary/aromatic N) is 1. The Bertz CT molecular complexity index is 1050. The standard InChI is InChI=1S/C28H34N2O5/c1-17(2)15-25(26(31)30-14-8-13-19(18(30)3)27(32)33)29-28(34)35-16-24-22-11-6-4-9-20(22)21-10-5-7-12-23(21)24/h4-7,9-12,17-19,24-25H,8,13-16H2,1-3H3,(H,29,34)(H,32,33)/t18-,19-,25-/m1/s1. The van der Waals surface area contributed by atoms with Crippen LogP contribution in [0, 0.1) is 11.8 Å². The van der Waals surface area contributed by atoms with Crippen molar-refractivity contribution >= 4 is 18.0 Å². The first-order valence-corrected chi connectivity index (χ1v) is 12.4. The number of nitrogens with one attached hydrogen (secondary N) is 1. The average Bonchev–Trinajstić information content (AvgIpc) is 3.15. The molecule has 0 radical (unpaired) electrons. The minimum absolute atomic E-state index is 0.0640. The molecular weight excluding hydrogens is 444 g/mol. The summed E-state index contributed by atoms with van der Waals surface area (Å²) in [6.07, 6.45) is 0.996. The Morgan fingerprint density at radius 2 is 1.66 bits per heavy atom. The van der Waals surface area contributed by atoms with E-state index < -0.39 is 30.1 Å². The topological polar surface area (TPSA) is 95.9 Å². The van der Waals surface area contributed by atoms with Crippen LogP contribution in [0.25, 0.3) is 11.1 Å². The van der Waals surface area contributed by atoms with Crippen LogP contribution in [0.5, 0.6) is 0 Å². The predicted octanol–water partition coefficient (Wildman–Crippen LogP) is 4.65. The van der Waals surface area contributed by atoms with Crippen LogP contribution in [0.1, 0.15) is 57.1 Å². The number of carboxylic acids is 1. The largest absolute Gasteiger partial charge is 0.481 e. The summed E-state index contributed by atoms with van der Waals surface area (Å²) in [5.74, 6) is -1.63. The van der Waals surface area contributed by atoms with E-state index in [1.54, 1.807) is 11.8 Å². The molecule has 0 unspecified atom stereocenters. The smallest absolute Gasteiger partial charge is 0.407 e. The van der Waals surface area contributed by atoms with Gasteiger partial charge in [0.15, 0.2) is 0 Å². The van der Waals surface area contributed by atoms with E-state index in [1.165, 1.54) is 0 Å². The molecule has 4 rings (SSSR count). The number of rotatable bonds is 7. The Hall–Kier alpha value is -3.35. The van der Waals surface area contributed by atoms with Crippen molar-refractivity contribution in [3.63, 3.8) is 0 Å². The van der Waals surface area contributed by atoms with E-state index in [0.29, 0.717) is 25.8 Å². The number of fused-ring (bicyclic) bond motifs is 3. The van der Waals surface area contributed by atoms with E-state index in [0.717, 1.165) is 22.3 Å². The molecule has 35 heavy (non-hydrogen) atoms. The van der Waals surface area contributed by atoms with Crippen LogP contribution in [-0.4, -0.2) is 53.2 Å². The maximum atomic E-state index is 13.4. The van der Waals surface area contributed by atoms with Crippen molar-refractivity contribution in [1.29, 1.82) is 0 Å². The molecule has 7 heteroatoms. The third-order valence-corrected chi connectivity index (χ3v) is 7.23. The number of likely N-dealkylation sites (tertiary alicyclic amines) is 1. The maximum Gasteiger partial charge on any atom is 0.407 e. The van der Waals surface area contributed by atoms with Gasteiger partial charge in [-0.3, -0.25) is 9.59 Å². The number of ether oxygens (including phenoxy) is 1. The Kier molecular flexibility index (Phi) is 7.43. The first-order valence-electron chi connectivity index (χ1n) is 12.4. The number of aliphatic carboxylic acids is 1. The first-order chi connectivity index (χ1) is 16.8. The van der Waals surface area contributed by atoms with Gasteiger partial charge in [0.1, 0.15) is 12.6 Å². The lowest BCUT2D eigenvalue weighted by molar-refractivity contribution is -0.150. The zero-order valence-corrected chi connectivity index (χ0v) is 20.6. The molecule has 3 atom stereocenters. The second-order valence-electron chi connectivity index (χ2n) is 10.0. The van der Waals surface area contributed by atoms with E-state index in [2.05, 4.69) is 29.6 Å². The van der Waals surface area contributed by atoms with Crippen LogP contribution in [0.4, 0.5) is 4.79 Å². The summed E-state index contributed by atoms with van der Waals surface area (Å²) in [4.78, 5) is 39.5. The minimum atomic E-state index is -0.889. The molecule has 0 spiro atoms. The summed E-state index contributed by atoms with van der Waals surface area (Å²) in [6, 6.07) is 15.1. The van der Waals surface area contributed by atoms with Gasteiger partial charge >= 0.3 is 12.1 Å². The van der Waals surface area contributed by atoms with Crippen molar-refractivity contribution in [3.8, 4) is 11.1 Å². The number of benzene rings is 2. The molecule has 2 aliphatic rings. The van der Waals surface area contributed by atoms with E-state index in [4.69, 9.17) is 4.74 Å². The molecule has 0 saturated carbocycles. The highest BCUT2D eigenvalue weighted by molar-refractivity contribution is 5.87. The van der Waals surface area contributed by atoms with Crippen molar-refractivity contribution in [2.75, 3.05) is 13.2 Å². The quantitative estimate of drug-likeness (QED) is 0.604. The number of amides is 2. The molecule has 7 nitrogen and oxygen atoms in total. The van der Waals surface area contributed by atoms with Crippen LogP contribution in [0.2, 0.25) is 0 Å². The van der Waals surface area contributed by atoms with E-state index in [-0.39, 0.29) is 24.3 Å². The Morgan fingerprint density at radius 1 is 1.06 bits per heavy atom. The molecule has 2 aromatic rings. The van der Waals surface area contributed by atoms with Gasteiger partial charge in [-0.25, -0.2) is 4.79 Å². The lowest BCUT2D eigenvalue weighted by Crippen LogP contribution is -2.56. The number of hydrogen-bond donors (Lipinski definition) is 2. The summed E-state index contributed by atoms with van der Waals surface area (Å²) in [7, 11) is 0. The second-order valence-corrected chi connectivity index (χ2v) is 10.0. The Labute approximate surface area is 206 Å². The molecule has 186 valence electrons. The molecule has 1 heterocycles. The molecule has 1 aliphatic heterocycles. The van der Waals surface area contributed by atoms with Crippen LogP contribution in [0.3, 0.4) is 0 Å². The fourth-order valence-electron chi connectivity index (χ4n) is 5.46. The summed E-state index contributed by atoms with van der Waals surface area (Å²) in [5, 5.41) is 12.3. The molecule has 2 amide bonds. The zero-order chi connectivity index (χ0) is 25.1. The second kappa shape index (κ2) is 10.5. The molecule has 1 saturated heterocycles. The molecule has 0 bridgehead atoms. The Morgan fingerprint density at radius 3 is 2.23 bits per heavy atom. The zero-order valence-electron chi connectivity index (χ0n) is 20.6. The van der Waals surface area contributed by atoms with Crippen LogP contribution in [0.15, 0.2) is 48.5 Å². The summed E-state index contributed by atoms with van der Waals surface area (Å²) in [6.45, 7) is 6.41. The number of hydrogen-bond acceptors (Lipinski definition) is 4. The van der Waals surface area contributed by atoms with Gasteiger partial charge in [0.2, 0.25) is 5.91 Å². The van der Waals surface area contributed by atoms with Gasteiger partial charge in [0, 0.05) is 18.5 Å². The highest BCUT2D eigenvalue weighted by Gasteiger charge is 2.38. The van der Waals surface area contributed by atoms with Crippen LogP contribution in [-0.2, 0) is 14.3 Å². The van der Waals surface area contributed by atoms with Crippen LogP contribution < -0.4 is 5.32 Å². The van der Waals surface area contributed by atoms with Gasteiger partial charge < -0.3 is 20.1 Å². The number of carbonyl (C=O) groups excluding carboxylic acids is 2. The molecule has 1 fully saturated rings. The SMILES string of the molecule is CC(C)C[C@@H](NC(=O)OCC1c2ccccc2-c2ccccc21)C(=O)N1CCC[C@@H](C(=O)O)[C@H]1C. The van der Waals surface area contributed by atoms with Crippen molar-refractivity contribution in [2.24, 2.45) is 11.8 Å². The fourth-order valence-corrected chi connectivity index (χ4v) is 5.46. The van der Waals surface area contributed by atoms with Gasteiger partial charge in [-0.05, 0) is 54.4 Å². The van der Waals surface area contributed by atoms with Gasteiger partial charge in [-0.2, -0.15) is 0 Å². The molecular formula is C28H34N2O5. The normalized spacial score (nSPS) is 20.2. The number of alkyl carbamates (subject to hydrolysis) is 1.